The molecule has 1 unspecified atom stereocenters. The number of anilines is 3. The molecule has 226 valence electrons. The highest BCUT2D eigenvalue weighted by atomic mass is 32.2. The third kappa shape index (κ3) is 6.49. The number of aromatic nitrogens is 2. The van der Waals surface area contributed by atoms with Crippen molar-refractivity contribution >= 4 is 62.3 Å². The second-order valence-electron chi connectivity index (χ2n) is 10.0. The van der Waals surface area contributed by atoms with E-state index in [9.17, 15) is 22.8 Å². The summed E-state index contributed by atoms with van der Waals surface area (Å²) in [5.41, 5.74) is 2.64. The minimum absolute atomic E-state index is 0.0294. The maximum absolute atomic E-state index is 13.8. The Bertz CT molecular complexity index is 1840. The summed E-state index contributed by atoms with van der Waals surface area (Å²) < 4.78 is 29.9. The van der Waals surface area contributed by atoms with Crippen molar-refractivity contribution in [3.8, 4) is 0 Å². The van der Waals surface area contributed by atoms with Crippen LogP contribution >= 0.6 is 12.2 Å². The van der Waals surface area contributed by atoms with E-state index in [0.29, 0.717) is 22.6 Å². The van der Waals surface area contributed by atoms with Gasteiger partial charge >= 0.3 is 5.88 Å². The average molecular weight is 635 g/mol. The number of primary sulfonamides is 1. The molecule has 3 amide bonds. The highest BCUT2D eigenvalue weighted by Crippen LogP contribution is 2.30. The first-order chi connectivity index (χ1) is 20.9. The zero-order chi connectivity index (χ0) is 31.6. The van der Waals surface area contributed by atoms with Gasteiger partial charge in [-0.15, -0.1) is 0 Å². The van der Waals surface area contributed by atoms with Gasteiger partial charge in [0.05, 0.1) is 17.0 Å². The quantitative estimate of drug-likeness (QED) is 0.184. The Balaban J connectivity index is 1.42. The Hall–Kier alpha value is -4.99. The summed E-state index contributed by atoms with van der Waals surface area (Å²) in [5, 5.41) is 14.6. The highest BCUT2D eigenvalue weighted by molar-refractivity contribution is 7.89. The van der Waals surface area contributed by atoms with Crippen molar-refractivity contribution in [1.82, 2.24) is 10.2 Å². The molecule has 13 nitrogen and oxygen atoms in total. The van der Waals surface area contributed by atoms with E-state index >= 15 is 0 Å². The number of benzene rings is 3. The van der Waals surface area contributed by atoms with Crippen molar-refractivity contribution in [3.05, 3.63) is 95.7 Å². The van der Waals surface area contributed by atoms with Crippen molar-refractivity contribution in [2.24, 2.45) is 12.2 Å². The maximum atomic E-state index is 13.8. The molecule has 1 atom stereocenters. The fourth-order valence-electron chi connectivity index (χ4n) is 4.61. The third-order valence-electron chi connectivity index (χ3n) is 6.95. The number of thiocarbonyl (C=S) groups is 1. The number of nitrogens with two attached hydrogens (primary N) is 1. The lowest BCUT2D eigenvalue weighted by Crippen LogP contribution is -2.43. The van der Waals surface area contributed by atoms with Gasteiger partial charge in [-0.05, 0) is 72.4 Å². The fourth-order valence-corrected chi connectivity index (χ4v) is 5.51. The van der Waals surface area contributed by atoms with E-state index in [-0.39, 0.29) is 28.9 Å². The van der Waals surface area contributed by atoms with Gasteiger partial charge < -0.3 is 10.2 Å². The van der Waals surface area contributed by atoms with Crippen LogP contribution in [0.5, 0.6) is 0 Å². The summed E-state index contributed by atoms with van der Waals surface area (Å²) >= 11 is 5.77. The highest BCUT2D eigenvalue weighted by Gasteiger charge is 2.46. The van der Waals surface area contributed by atoms with E-state index in [0.717, 1.165) is 5.56 Å². The van der Waals surface area contributed by atoms with E-state index in [1.54, 1.807) is 54.4 Å². The molecular weight excluding hydrogens is 606 g/mol. The Kier molecular flexibility index (Phi) is 8.53. The van der Waals surface area contributed by atoms with Crippen LogP contribution in [0, 0.1) is 6.92 Å². The monoisotopic (exact) mass is 634 g/mol. The topological polar surface area (TPSA) is 172 Å². The van der Waals surface area contributed by atoms with Gasteiger partial charge in [-0.2, -0.15) is 0 Å². The van der Waals surface area contributed by atoms with Gasteiger partial charge in [0.25, 0.3) is 17.5 Å². The smallest absolute Gasteiger partial charge is 0.307 e. The molecule has 4 N–H and O–H groups in total. The zero-order valence-electron chi connectivity index (χ0n) is 23.6. The van der Waals surface area contributed by atoms with E-state index in [2.05, 4.69) is 15.9 Å². The molecule has 1 aliphatic heterocycles. The summed E-state index contributed by atoms with van der Waals surface area (Å²) in [5.74, 6) is -1.30. The van der Waals surface area contributed by atoms with Crippen LogP contribution in [0.4, 0.5) is 17.3 Å². The second kappa shape index (κ2) is 12.3. The minimum Gasteiger partial charge on any atom is -0.326 e. The summed E-state index contributed by atoms with van der Waals surface area (Å²) in [6, 6.07) is 20.1. The molecule has 0 saturated carbocycles. The number of sulfonamides is 1. The number of hydrogen-bond donors (Lipinski definition) is 3. The van der Waals surface area contributed by atoms with Gasteiger partial charge in [0.15, 0.2) is 12.2 Å². The molecule has 1 saturated heterocycles. The molecule has 1 aromatic heterocycles. The molecule has 5 rings (SSSR count). The predicted molar refractivity (Wildman–Crippen MR) is 164 cm³/mol. The van der Waals surface area contributed by atoms with Crippen LogP contribution in [-0.4, -0.2) is 47.5 Å². The first-order valence-corrected chi connectivity index (χ1v) is 15.2. The van der Waals surface area contributed by atoms with Gasteiger partial charge in [-0.3, -0.25) is 29.1 Å². The number of aryl methyl sites for hydroxylation is 2. The van der Waals surface area contributed by atoms with E-state index < -0.39 is 33.8 Å². The largest absolute Gasteiger partial charge is 0.326 e. The summed E-state index contributed by atoms with van der Waals surface area (Å²) in [6.45, 7) is 1.89. The SMILES string of the molecule is Cc1ccc(N2C(=O)C(CC(=O)Nc3ccc(S(N)(=O)=O)cc3)N(Cc3c(NC(=O)c4ccccc4)on[n+]3C)C2=S)cc1. The van der Waals surface area contributed by atoms with Crippen molar-refractivity contribution in [1.29, 1.82) is 0 Å². The van der Waals surface area contributed by atoms with Gasteiger partial charge in [-0.1, -0.05) is 35.9 Å². The lowest BCUT2D eigenvalue weighted by atomic mass is 10.1. The first kappa shape index (κ1) is 30.5. The number of carbonyl (C=O) groups is 3. The van der Waals surface area contributed by atoms with Gasteiger partial charge in [0, 0.05) is 11.3 Å². The van der Waals surface area contributed by atoms with Crippen molar-refractivity contribution in [2.75, 3.05) is 15.5 Å². The fraction of sp³-hybridized carbons (Fsp3) is 0.172. The average Bonchev–Trinajstić information content (AvgIpc) is 3.44. The van der Waals surface area contributed by atoms with Crippen molar-refractivity contribution in [3.63, 3.8) is 0 Å². The molecule has 0 aliphatic carbocycles. The third-order valence-corrected chi connectivity index (χ3v) is 8.29. The van der Waals surface area contributed by atoms with Gasteiger partial charge in [0.1, 0.15) is 12.6 Å². The Morgan fingerprint density at radius 1 is 1.02 bits per heavy atom. The Morgan fingerprint density at radius 3 is 2.32 bits per heavy atom. The lowest BCUT2D eigenvalue weighted by molar-refractivity contribution is -0.746. The molecule has 44 heavy (non-hydrogen) atoms. The van der Waals surface area contributed by atoms with E-state index in [1.807, 2.05) is 19.1 Å². The van der Waals surface area contributed by atoms with Crippen LogP contribution < -0.4 is 25.4 Å². The lowest BCUT2D eigenvalue weighted by Gasteiger charge is -2.22. The minimum atomic E-state index is -3.90. The predicted octanol–water partition coefficient (Wildman–Crippen LogP) is 2.24. The number of nitrogens with zero attached hydrogens (tertiary/aromatic N) is 4. The molecule has 1 aliphatic rings. The van der Waals surface area contributed by atoms with Crippen molar-refractivity contribution in [2.45, 2.75) is 30.8 Å². The number of rotatable bonds is 9. The molecule has 3 aromatic carbocycles. The van der Waals surface area contributed by atoms with Crippen LogP contribution in [0.1, 0.15) is 28.0 Å². The van der Waals surface area contributed by atoms with Crippen LogP contribution in [0.25, 0.3) is 0 Å². The van der Waals surface area contributed by atoms with E-state index in [1.165, 1.54) is 33.8 Å². The van der Waals surface area contributed by atoms with Gasteiger partial charge in [-0.25, -0.2) is 13.6 Å². The summed E-state index contributed by atoms with van der Waals surface area (Å²) in [4.78, 5) is 42.7. The van der Waals surface area contributed by atoms with E-state index in [4.69, 9.17) is 21.9 Å². The maximum Gasteiger partial charge on any atom is 0.307 e. The normalized spacial score (nSPS) is 15.0. The van der Waals surface area contributed by atoms with Gasteiger partial charge in [0.2, 0.25) is 21.2 Å². The second-order valence-corrected chi connectivity index (χ2v) is 12.0. The Labute approximate surface area is 258 Å². The molecular formula is C29H28N7O6S2+. The van der Waals surface area contributed by atoms with Crippen LogP contribution in [0.3, 0.4) is 0 Å². The number of hydrogen-bond acceptors (Lipinski definition) is 8. The number of carbonyl (C=O) groups excluding carboxylic acids is 3. The molecule has 2 heterocycles. The van der Waals surface area contributed by atoms with Crippen LogP contribution in [0.15, 0.2) is 88.3 Å². The first-order valence-electron chi connectivity index (χ1n) is 13.3. The standard InChI is InChI=1S/C29H27N7O6S2/c1-18-8-12-21(13-9-18)36-28(39)23(16-25(37)31-20-10-14-22(15-11-20)44(30,40)41)35(29(36)43)17-24-27(42-33-34(24)2)32-26(38)19-6-4-3-5-7-19/h3-15,23H,16-17H2,1-2H3,(H3-,30,31,32,33,37,38,40,41)/p+1. The molecule has 15 heteroatoms. The van der Waals surface area contributed by atoms with Crippen molar-refractivity contribution < 1.29 is 32.0 Å². The molecule has 0 radical (unpaired) electrons. The Morgan fingerprint density at radius 2 is 1.68 bits per heavy atom. The number of amides is 3. The van der Waals surface area contributed by atoms with Crippen LogP contribution in [-0.2, 0) is 33.2 Å². The molecule has 0 bridgehead atoms. The summed E-state index contributed by atoms with van der Waals surface area (Å²) in [6.07, 6.45) is -0.293. The van der Waals surface area contributed by atoms with Crippen LogP contribution in [0.2, 0.25) is 0 Å². The zero-order valence-corrected chi connectivity index (χ0v) is 25.3. The molecule has 0 spiro atoms. The molecule has 4 aromatic rings. The molecule has 1 fully saturated rings. The summed E-state index contributed by atoms with van der Waals surface area (Å²) in [7, 11) is -2.29. The number of nitrogens with one attached hydrogen (secondary N) is 2.